The van der Waals surface area contributed by atoms with Gasteiger partial charge >= 0.3 is 0 Å². The quantitative estimate of drug-likeness (QED) is 0.755. The number of nitrogens with zero attached hydrogens (tertiary/aromatic N) is 1. The number of anilines is 1. The molecule has 1 aromatic carbocycles. The van der Waals surface area contributed by atoms with Gasteiger partial charge in [0.25, 0.3) is 5.91 Å². The van der Waals surface area contributed by atoms with Crippen molar-refractivity contribution < 1.29 is 14.3 Å². The molecule has 122 valence electrons. The minimum Gasteiger partial charge on any atom is -0.493 e. The molecule has 0 unspecified atom stereocenters. The van der Waals surface area contributed by atoms with Crippen LogP contribution in [0.5, 0.6) is 11.5 Å². The van der Waals surface area contributed by atoms with Gasteiger partial charge in [-0.15, -0.1) is 0 Å². The summed E-state index contributed by atoms with van der Waals surface area (Å²) in [5.74, 6) is 0.856. The van der Waals surface area contributed by atoms with Crippen LogP contribution in [0.4, 0.5) is 5.69 Å². The lowest BCUT2D eigenvalue weighted by molar-refractivity contribution is 0.102. The molecule has 1 aliphatic rings. The predicted molar refractivity (Wildman–Crippen MR) is 89.2 cm³/mol. The Morgan fingerprint density at radius 1 is 1.30 bits per heavy atom. The van der Waals surface area contributed by atoms with Gasteiger partial charge in [0, 0.05) is 47.4 Å². The second-order valence-corrected chi connectivity index (χ2v) is 5.95. The SMILES string of the molecule is COc1cc(Br)c(NC(=O)c2n[nH]c3c2CNCC3)cc1OC. The average Bonchev–Trinajstić information content (AvgIpc) is 3.00. The maximum atomic E-state index is 12.5. The number of H-pyrrole nitrogens is 1. The van der Waals surface area contributed by atoms with E-state index in [-0.39, 0.29) is 5.91 Å². The number of aromatic amines is 1. The zero-order chi connectivity index (χ0) is 16.4. The van der Waals surface area contributed by atoms with Crippen LogP contribution < -0.4 is 20.1 Å². The van der Waals surface area contributed by atoms with E-state index in [4.69, 9.17) is 9.47 Å². The standard InChI is InChI=1S/C15H17BrN4O3/c1-22-12-5-9(16)11(6-13(12)23-2)18-15(21)14-8-7-17-4-3-10(8)19-20-14/h5-6,17H,3-4,7H2,1-2H3,(H,18,21)(H,19,20). The number of hydrogen-bond acceptors (Lipinski definition) is 5. The Bertz CT molecular complexity index is 745. The van der Waals surface area contributed by atoms with Crippen LogP contribution >= 0.6 is 15.9 Å². The van der Waals surface area contributed by atoms with Crippen molar-refractivity contribution in [2.45, 2.75) is 13.0 Å². The molecule has 0 bridgehead atoms. The summed E-state index contributed by atoms with van der Waals surface area (Å²) in [7, 11) is 3.11. The molecule has 0 fully saturated rings. The Labute approximate surface area is 141 Å². The summed E-state index contributed by atoms with van der Waals surface area (Å²) in [4.78, 5) is 12.5. The largest absolute Gasteiger partial charge is 0.493 e. The van der Waals surface area contributed by atoms with Crippen molar-refractivity contribution in [1.82, 2.24) is 15.5 Å². The molecule has 3 N–H and O–H groups in total. The van der Waals surface area contributed by atoms with Crippen LogP contribution in [0.25, 0.3) is 0 Å². The lowest BCUT2D eigenvalue weighted by atomic mass is 10.1. The second kappa shape index (κ2) is 6.59. The van der Waals surface area contributed by atoms with Crippen molar-refractivity contribution in [3.63, 3.8) is 0 Å². The summed E-state index contributed by atoms with van der Waals surface area (Å²) >= 11 is 3.43. The van der Waals surface area contributed by atoms with E-state index < -0.39 is 0 Å². The van der Waals surface area contributed by atoms with Crippen LogP contribution in [0.3, 0.4) is 0 Å². The van der Waals surface area contributed by atoms with Crippen LogP contribution in [-0.4, -0.2) is 36.9 Å². The van der Waals surface area contributed by atoms with Gasteiger partial charge in [-0.3, -0.25) is 9.89 Å². The third-order valence-electron chi connectivity index (χ3n) is 3.74. The van der Waals surface area contributed by atoms with Gasteiger partial charge in [0.05, 0.1) is 19.9 Å². The van der Waals surface area contributed by atoms with Crippen molar-refractivity contribution in [3.05, 3.63) is 33.6 Å². The molecule has 3 rings (SSSR count). The number of amides is 1. The number of aromatic nitrogens is 2. The smallest absolute Gasteiger partial charge is 0.276 e. The fraction of sp³-hybridized carbons (Fsp3) is 0.333. The number of carbonyl (C=O) groups excluding carboxylic acids is 1. The monoisotopic (exact) mass is 380 g/mol. The van der Waals surface area contributed by atoms with Gasteiger partial charge in [-0.2, -0.15) is 5.10 Å². The first-order chi connectivity index (χ1) is 11.1. The Morgan fingerprint density at radius 3 is 2.78 bits per heavy atom. The summed E-state index contributed by atoms with van der Waals surface area (Å²) in [6.07, 6.45) is 0.843. The molecule has 8 heteroatoms. The number of methoxy groups -OCH3 is 2. The van der Waals surface area contributed by atoms with Crippen LogP contribution in [0.15, 0.2) is 16.6 Å². The van der Waals surface area contributed by atoms with Gasteiger partial charge < -0.3 is 20.1 Å². The summed E-state index contributed by atoms with van der Waals surface area (Å²) in [5.41, 5.74) is 2.94. The van der Waals surface area contributed by atoms with E-state index in [1.54, 1.807) is 26.4 Å². The maximum absolute atomic E-state index is 12.5. The van der Waals surface area contributed by atoms with E-state index >= 15 is 0 Å². The molecule has 0 spiro atoms. The number of benzene rings is 1. The van der Waals surface area contributed by atoms with E-state index in [0.717, 1.165) is 24.2 Å². The number of carbonyl (C=O) groups is 1. The molecule has 0 saturated heterocycles. The summed E-state index contributed by atoms with van der Waals surface area (Å²) < 4.78 is 11.2. The zero-order valence-electron chi connectivity index (χ0n) is 12.8. The number of halogens is 1. The van der Waals surface area contributed by atoms with Gasteiger partial charge in [-0.1, -0.05) is 0 Å². The van der Waals surface area contributed by atoms with Gasteiger partial charge in [-0.25, -0.2) is 0 Å². The van der Waals surface area contributed by atoms with Crippen LogP contribution in [0.2, 0.25) is 0 Å². The summed E-state index contributed by atoms with van der Waals surface area (Å²) in [6.45, 7) is 1.53. The molecule has 1 aromatic heterocycles. The number of rotatable bonds is 4. The third kappa shape index (κ3) is 3.04. The Balaban J connectivity index is 1.87. The highest BCUT2D eigenvalue weighted by Crippen LogP contribution is 2.36. The van der Waals surface area contributed by atoms with Crippen molar-refractivity contribution in [1.29, 1.82) is 0 Å². The molecule has 0 atom stereocenters. The third-order valence-corrected chi connectivity index (χ3v) is 4.40. The van der Waals surface area contributed by atoms with Crippen molar-refractivity contribution in [2.75, 3.05) is 26.1 Å². The van der Waals surface area contributed by atoms with Crippen molar-refractivity contribution in [3.8, 4) is 11.5 Å². The fourth-order valence-electron chi connectivity index (χ4n) is 2.54. The van der Waals surface area contributed by atoms with Crippen LogP contribution in [0.1, 0.15) is 21.7 Å². The molecule has 2 heterocycles. The lowest BCUT2D eigenvalue weighted by Gasteiger charge is -2.14. The topological polar surface area (TPSA) is 88.3 Å². The lowest BCUT2D eigenvalue weighted by Crippen LogP contribution is -2.25. The van der Waals surface area contributed by atoms with Crippen LogP contribution in [-0.2, 0) is 13.0 Å². The first-order valence-corrected chi connectivity index (χ1v) is 7.93. The molecule has 7 nitrogen and oxygen atoms in total. The molecule has 0 saturated carbocycles. The Hall–Kier alpha value is -2.06. The van der Waals surface area contributed by atoms with Gasteiger partial charge in [-0.05, 0) is 15.9 Å². The van der Waals surface area contributed by atoms with Gasteiger partial charge in [0.2, 0.25) is 0 Å². The van der Waals surface area contributed by atoms with E-state index in [0.29, 0.717) is 33.9 Å². The minimum atomic E-state index is -0.265. The summed E-state index contributed by atoms with van der Waals surface area (Å²) in [6, 6.07) is 3.45. The van der Waals surface area contributed by atoms with E-state index in [2.05, 4.69) is 36.8 Å². The highest BCUT2D eigenvalue weighted by atomic mass is 79.9. The molecule has 1 aliphatic heterocycles. The number of hydrogen-bond donors (Lipinski definition) is 3. The molecule has 0 radical (unpaired) electrons. The maximum Gasteiger partial charge on any atom is 0.276 e. The van der Waals surface area contributed by atoms with Crippen molar-refractivity contribution >= 4 is 27.5 Å². The van der Waals surface area contributed by atoms with Gasteiger partial charge in [0.1, 0.15) is 0 Å². The highest BCUT2D eigenvalue weighted by Gasteiger charge is 2.22. The normalized spacial score (nSPS) is 13.3. The average molecular weight is 381 g/mol. The second-order valence-electron chi connectivity index (χ2n) is 5.10. The fourth-order valence-corrected chi connectivity index (χ4v) is 2.97. The Morgan fingerprint density at radius 2 is 2.04 bits per heavy atom. The van der Waals surface area contributed by atoms with Crippen molar-refractivity contribution in [2.24, 2.45) is 0 Å². The molecule has 2 aromatic rings. The molecule has 23 heavy (non-hydrogen) atoms. The molecular formula is C15H17BrN4O3. The first-order valence-electron chi connectivity index (χ1n) is 7.13. The van der Waals surface area contributed by atoms with E-state index in [1.165, 1.54) is 0 Å². The number of nitrogens with one attached hydrogen (secondary N) is 3. The van der Waals surface area contributed by atoms with Crippen LogP contribution in [0, 0.1) is 0 Å². The van der Waals surface area contributed by atoms with E-state index in [1.807, 2.05) is 0 Å². The predicted octanol–water partition coefficient (Wildman–Crippen LogP) is 2.09. The zero-order valence-corrected chi connectivity index (χ0v) is 14.4. The number of ether oxygens (including phenoxy) is 2. The molecule has 1 amide bonds. The van der Waals surface area contributed by atoms with E-state index in [9.17, 15) is 4.79 Å². The molecular weight excluding hydrogens is 364 g/mol. The highest BCUT2D eigenvalue weighted by molar-refractivity contribution is 9.10. The summed E-state index contributed by atoms with van der Waals surface area (Å²) in [5, 5.41) is 13.2. The first kappa shape index (κ1) is 15.8. The minimum absolute atomic E-state index is 0.265. The van der Waals surface area contributed by atoms with Gasteiger partial charge in [0.15, 0.2) is 17.2 Å². The Kier molecular flexibility index (Phi) is 4.53. The molecule has 0 aliphatic carbocycles. The number of fused-ring (bicyclic) bond motifs is 1.